The van der Waals surface area contributed by atoms with E-state index in [4.69, 9.17) is 14.1 Å². The molecule has 10 rings (SSSR count). The number of benzene rings is 6. The Morgan fingerprint density at radius 3 is 2.02 bits per heavy atom. The monoisotopic (exact) mass is 980 g/mol. The van der Waals surface area contributed by atoms with E-state index in [0.717, 1.165) is 77.9 Å². The molecular formula is C54H49N4O2Pt-3. The van der Waals surface area contributed by atoms with Gasteiger partial charge in [0.1, 0.15) is 17.0 Å². The third-order valence-corrected chi connectivity index (χ3v) is 11.8. The molecule has 0 fully saturated rings. The summed E-state index contributed by atoms with van der Waals surface area (Å²) in [5.41, 5.74) is 11.1. The molecule has 1 aliphatic heterocycles. The number of hydrogen-bond acceptors (Lipinski definition) is 5. The van der Waals surface area contributed by atoms with Crippen molar-refractivity contribution in [2.75, 3.05) is 9.80 Å². The molecule has 0 amide bonds. The van der Waals surface area contributed by atoms with E-state index in [0.29, 0.717) is 11.5 Å². The van der Waals surface area contributed by atoms with E-state index in [1.54, 1.807) is 0 Å². The predicted octanol–water partition coefficient (Wildman–Crippen LogP) is 14.8. The van der Waals surface area contributed by atoms with Gasteiger partial charge in [-0.3, -0.25) is 0 Å². The van der Waals surface area contributed by atoms with E-state index in [1.807, 2.05) is 12.3 Å². The Kier molecular flexibility index (Phi) is 9.75. The number of furan rings is 1. The minimum absolute atomic E-state index is 0. The number of ether oxygens (including phenoxy) is 1. The standard InChI is InChI=1S/C54H49N4O2.Pt/c1-52(2,3)35-19-21-38(22-20-35)56-33-57(45-17-13-12-16-44(45)56)39-28-37(54(7,8)9)29-41(31-39)59-40-23-24-43-46(32-40)58(48-30-36(26-27-55-48)53(4,5)6)50-49-42-15-11-10-14-34(42)18-25-47(49)60-51(43)50;/h10-30,33H,1-9H3;/q-3;. The molecule has 310 valence electrons. The van der Waals surface area contributed by atoms with Crippen molar-refractivity contribution in [3.8, 4) is 17.3 Å². The van der Waals surface area contributed by atoms with Crippen LogP contribution in [-0.2, 0) is 37.3 Å². The van der Waals surface area contributed by atoms with Gasteiger partial charge in [-0.25, -0.2) is 4.98 Å². The van der Waals surface area contributed by atoms with Crippen LogP contribution in [0, 0.1) is 18.8 Å². The van der Waals surface area contributed by atoms with E-state index in [9.17, 15) is 0 Å². The molecule has 61 heavy (non-hydrogen) atoms. The zero-order valence-electron chi connectivity index (χ0n) is 36.1. The van der Waals surface area contributed by atoms with Gasteiger partial charge in [0.15, 0.2) is 0 Å². The number of anilines is 4. The second kappa shape index (κ2) is 14.7. The van der Waals surface area contributed by atoms with Gasteiger partial charge in [0.2, 0.25) is 0 Å². The summed E-state index contributed by atoms with van der Waals surface area (Å²) in [5.74, 6) is 1.98. The smallest absolute Gasteiger partial charge is 0.136 e. The van der Waals surface area contributed by atoms with E-state index in [2.05, 4.69) is 211 Å². The van der Waals surface area contributed by atoms with Crippen LogP contribution in [0.25, 0.3) is 49.6 Å². The number of para-hydroxylation sites is 2. The Hall–Kier alpha value is -5.84. The third-order valence-electron chi connectivity index (χ3n) is 11.8. The van der Waals surface area contributed by atoms with E-state index < -0.39 is 0 Å². The molecule has 0 spiro atoms. The number of aromatic nitrogens is 2. The van der Waals surface area contributed by atoms with Gasteiger partial charge in [-0.2, -0.15) is 6.07 Å². The summed E-state index contributed by atoms with van der Waals surface area (Å²) in [4.78, 5) is 9.44. The molecule has 9 aromatic rings. The Labute approximate surface area is 373 Å². The maximum Gasteiger partial charge on any atom is 0.136 e. The van der Waals surface area contributed by atoms with Gasteiger partial charge in [-0.15, -0.1) is 48.3 Å². The average Bonchev–Trinajstić information content (AvgIpc) is 3.89. The third kappa shape index (κ3) is 7.09. The summed E-state index contributed by atoms with van der Waals surface area (Å²) in [6, 6.07) is 50.1. The van der Waals surface area contributed by atoms with Gasteiger partial charge in [0.25, 0.3) is 0 Å². The number of pyridine rings is 1. The van der Waals surface area contributed by atoms with Crippen LogP contribution in [0.4, 0.5) is 22.7 Å². The first-order valence-electron chi connectivity index (χ1n) is 20.8. The first-order valence-corrected chi connectivity index (χ1v) is 20.8. The molecule has 0 N–H and O–H groups in total. The van der Waals surface area contributed by atoms with E-state index in [-0.39, 0.29) is 37.3 Å². The minimum Gasteiger partial charge on any atom is -0.509 e. The van der Waals surface area contributed by atoms with Crippen LogP contribution in [-0.4, -0.2) is 9.55 Å². The van der Waals surface area contributed by atoms with Crippen molar-refractivity contribution < 1.29 is 30.2 Å². The van der Waals surface area contributed by atoms with Crippen LogP contribution >= 0.6 is 0 Å². The molecule has 0 aliphatic carbocycles. The molecule has 7 heteroatoms. The van der Waals surface area contributed by atoms with Gasteiger partial charge in [-0.1, -0.05) is 128 Å². The molecule has 0 bridgehead atoms. The second-order valence-corrected chi connectivity index (χ2v) is 19.1. The number of fused-ring (bicyclic) bond motifs is 8. The van der Waals surface area contributed by atoms with Crippen LogP contribution in [0.1, 0.15) is 79.0 Å². The minimum atomic E-state index is -0.163. The zero-order valence-corrected chi connectivity index (χ0v) is 38.4. The van der Waals surface area contributed by atoms with Gasteiger partial charge in [0, 0.05) is 55.8 Å². The van der Waals surface area contributed by atoms with Gasteiger partial charge >= 0.3 is 0 Å². The quantitative estimate of drug-likeness (QED) is 0.161. The molecule has 3 aromatic heterocycles. The zero-order chi connectivity index (χ0) is 41.7. The summed E-state index contributed by atoms with van der Waals surface area (Å²) < 4.78 is 15.8. The van der Waals surface area contributed by atoms with Crippen LogP contribution in [0.3, 0.4) is 0 Å². The second-order valence-electron chi connectivity index (χ2n) is 19.1. The predicted molar refractivity (Wildman–Crippen MR) is 248 cm³/mol. The SMILES string of the molecule is CC(C)(C)c1ccc(N2[CH-]N(c3[c-]c(Oc4[c-]c5c(cc4)c4oc6ccc7ccccc7c6c4n5-c4cc(C(C)(C)C)ccn4)cc(C(C)(C)C)c3)c3ccccc32)cc1.[Pt]. The van der Waals surface area contributed by atoms with Crippen LogP contribution < -0.4 is 14.5 Å². The molecule has 0 saturated carbocycles. The van der Waals surface area contributed by atoms with Crippen molar-refractivity contribution in [3.05, 3.63) is 163 Å². The van der Waals surface area contributed by atoms with Gasteiger partial charge in [0.05, 0.1) is 10.9 Å². The Balaban J connectivity index is 0.00000476. The summed E-state index contributed by atoms with van der Waals surface area (Å²) in [6.45, 7) is 22.3. The molecule has 0 unspecified atom stereocenters. The Bertz CT molecular complexity index is 3120. The van der Waals surface area contributed by atoms with Gasteiger partial charge < -0.3 is 23.5 Å². The molecule has 0 radical (unpaired) electrons. The summed E-state index contributed by atoms with van der Waals surface area (Å²) in [6.07, 6.45) is 1.90. The summed E-state index contributed by atoms with van der Waals surface area (Å²) in [5, 5.41) is 4.27. The fraction of sp³-hybridized carbons (Fsp3) is 0.222. The largest absolute Gasteiger partial charge is 0.509 e. The summed E-state index contributed by atoms with van der Waals surface area (Å²) in [7, 11) is 0. The molecule has 4 heterocycles. The molecule has 6 aromatic carbocycles. The van der Waals surface area contributed by atoms with Crippen molar-refractivity contribution in [1.82, 2.24) is 9.55 Å². The molecule has 0 saturated heterocycles. The maximum atomic E-state index is 6.84. The first kappa shape index (κ1) is 40.6. The molecular weight excluding hydrogens is 932 g/mol. The normalized spacial score (nSPS) is 13.4. The van der Waals surface area contributed by atoms with Crippen molar-refractivity contribution >= 4 is 66.5 Å². The van der Waals surface area contributed by atoms with Crippen LogP contribution in [0.2, 0.25) is 0 Å². The Morgan fingerprint density at radius 1 is 0.607 bits per heavy atom. The van der Waals surface area contributed by atoms with Crippen molar-refractivity contribution in [3.63, 3.8) is 0 Å². The molecule has 6 nitrogen and oxygen atoms in total. The molecule has 0 atom stereocenters. The maximum absolute atomic E-state index is 6.84. The van der Waals surface area contributed by atoms with Crippen LogP contribution in [0.5, 0.6) is 11.5 Å². The average molecular weight is 981 g/mol. The fourth-order valence-electron chi connectivity index (χ4n) is 8.38. The van der Waals surface area contributed by atoms with E-state index in [1.165, 1.54) is 11.1 Å². The topological polar surface area (TPSA) is 46.7 Å². The van der Waals surface area contributed by atoms with Crippen molar-refractivity contribution in [1.29, 1.82) is 0 Å². The molecule has 1 aliphatic rings. The number of hydrogen-bond donors (Lipinski definition) is 0. The Morgan fingerprint density at radius 2 is 1.30 bits per heavy atom. The summed E-state index contributed by atoms with van der Waals surface area (Å²) >= 11 is 0. The van der Waals surface area contributed by atoms with Crippen molar-refractivity contribution in [2.45, 2.75) is 78.6 Å². The first-order chi connectivity index (χ1) is 28.6. The number of rotatable bonds is 5. The fourth-order valence-corrected chi connectivity index (χ4v) is 8.38. The van der Waals surface area contributed by atoms with Crippen molar-refractivity contribution in [2.24, 2.45) is 0 Å². The van der Waals surface area contributed by atoms with E-state index >= 15 is 0 Å². The number of nitrogens with zero attached hydrogens (tertiary/aromatic N) is 4. The van der Waals surface area contributed by atoms with Crippen LogP contribution in [0.15, 0.2) is 132 Å². The van der Waals surface area contributed by atoms with Gasteiger partial charge in [-0.05, 0) is 80.6 Å².